The standard InChI is InChI=1S/C12H7Br2Cl2NO2S/c13-7-2-1-3-9(4-7)17-20(18,19)12-10(15)5-8(14)6-11(12)16/h1-6,17H. The smallest absolute Gasteiger partial charge is 0.264 e. The molecule has 2 aromatic rings. The molecule has 0 atom stereocenters. The van der Waals surface area contributed by atoms with Gasteiger partial charge in [0.2, 0.25) is 0 Å². The minimum atomic E-state index is -3.86. The summed E-state index contributed by atoms with van der Waals surface area (Å²) in [5.41, 5.74) is 0.412. The van der Waals surface area contributed by atoms with E-state index in [0.29, 0.717) is 10.2 Å². The van der Waals surface area contributed by atoms with Crippen LogP contribution in [0.2, 0.25) is 10.0 Å². The summed E-state index contributed by atoms with van der Waals surface area (Å²) in [7, 11) is -3.86. The first-order valence-electron chi connectivity index (χ1n) is 5.22. The fraction of sp³-hybridized carbons (Fsp3) is 0. The molecule has 0 aliphatic carbocycles. The molecular weight excluding hydrogens is 453 g/mol. The van der Waals surface area contributed by atoms with Gasteiger partial charge in [0.05, 0.1) is 10.0 Å². The lowest BCUT2D eigenvalue weighted by atomic mass is 10.3. The Morgan fingerprint density at radius 2 is 1.55 bits per heavy atom. The Morgan fingerprint density at radius 1 is 0.950 bits per heavy atom. The third-order valence-corrected chi connectivity index (χ3v) is 5.56. The van der Waals surface area contributed by atoms with E-state index in [0.717, 1.165) is 4.47 Å². The number of hydrogen-bond donors (Lipinski definition) is 1. The SMILES string of the molecule is O=S(=O)(Nc1cccc(Br)c1)c1c(Cl)cc(Br)cc1Cl. The fourth-order valence-corrected chi connectivity index (χ4v) is 4.93. The molecule has 0 spiro atoms. The van der Waals surface area contributed by atoms with E-state index in [2.05, 4.69) is 36.6 Å². The molecular formula is C12H7Br2Cl2NO2S. The van der Waals surface area contributed by atoms with Gasteiger partial charge < -0.3 is 0 Å². The van der Waals surface area contributed by atoms with Crippen molar-refractivity contribution in [3.05, 3.63) is 55.4 Å². The fourth-order valence-electron chi connectivity index (χ4n) is 1.54. The van der Waals surface area contributed by atoms with E-state index >= 15 is 0 Å². The predicted octanol–water partition coefficient (Wildman–Crippen LogP) is 5.32. The molecule has 0 aliphatic rings. The van der Waals surface area contributed by atoms with Crippen LogP contribution in [0.3, 0.4) is 0 Å². The van der Waals surface area contributed by atoms with Crippen LogP contribution in [0, 0.1) is 0 Å². The number of hydrogen-bond acceptors (Lipinski definition) is 2. The van der Waals surface area contributed by atoms with Crippen LogP contribution in [0.5, 0.6) is 0 Å². The van der Waals surface area contributed by atoms with Crippen molar-refractivity contribution >= 4 is 70.8 Å². The molecule has 0 unspecified atom stereocenters. The summed E-state index contributed by atoms with van der Waals surface area (Å²) in [6.07, 6.45) is 0. The van der Waals surface area contributed by atoms with Crippen LogP contribution in [0.1, 0.15) is 0 Å². The highest BCUT2D eigenvalue weighted by atomic mass is 79.9. The molecule has 0 fully saturated rings. The van der Waals surface area contributed by atoms with Crippen molar-refractivity contribution in [2.24, 2.45) is 0 Å². The molecule has 2 aromatic carbocycles. The summed E-state index contributed by atoms with van der Waals surface area (Å²) in [4.78, 5) is -0.149. The summed E-state index contributed by atoms with van der Waals surface area (Å²) >= 11 is 18.4. The molecule has 0 heterocycles. The van der Waals surface area contributed by atoms with Crippen molar-refractivity contribution in [2.75, 3.05) is 4.72 Å². The van der Waals surface area contributed by atoms with Crippen LogP contribution in [0.25, 0.3) is 0 Å². The highest BCUT2D eigenvalue weighted by Crippen LogP contribution is 2.34. The Labute approximate surface area is 143 Å². The van der Waals surface area contributed by atoms with Gasteiger partial charge in [0.25, 0.3) is 10.0 Å². The van der Waals surface area contributed by atoms with Crippen molar-refractivity contribution in [1.29, 1.82) is 0 Å². The molecule has 106 valence electrons. The Morgan fingerprint density at radius 3 is 2.10 bits per heavy atom. The second-order valence-electron chi connectivity index (χ2n) is 3.81. The van der Waals surface area contributed by atoms with E-state index in [9.17, 15) is 8.42 Å². The highest BCUT2D eigenvalue weighted by molar-refractivity contribution is 9.10. The summed E-state index contributed by atoms with van der Waals surface area (Å²) in [6.45, 7) is 0. The largest absolute Gasteiger partial charge is 0.280 e. The predicted molar refractivity (Wildman–Crippen MR) is 89.1 cm³/mol. The zero-order valence-corrected chi connectivity index (χ0v) is 15.2. The number of rotatable bonds is 3. The number of nitrogens with one attached hydrogen (secondary N) is 1. The molecule has 0 aromatic heterocycles. The Kier molecular flexibility index (Phi) is 5.02. The normalized spacial score (nSPS) is 11.4. The quantitative estimate of drug-likeness (QED) is 0.675. The molecule has 1 N–H and O–H groups in total. The van der Waals surface area contributed by atoms with Gasteiger partial charge in [-0.05, 0) is 30.3 Å². The first-order chi connectivity index (χ1) is 9.29. The lowest BCUT2D eigenvalue weighted by Gasteiger charge is -2.11. The Bertz CT molecular complexity index is 743. The minimum Gasteiger partial charge on any atom is -0.280 e. The Balaban J connectivity index is 2.46. The van der Waals surface area contributed by atoms with Crippen molar-refractivity contribution in [3.8, 4) is 0 Å². The highest BCUT2D eigenvalue weighted by Gasteiger charge is 2.22. The van der Waals surface area contributed by atoms with Crippen molar-refractivity contribution in [3.63, 3.8) is 0 Å². The number of anilines is 1. The van der Waals surface area contributed by atoms with Crippen molar-refractivity contribution in [2.45, 2.75) is 4.90 Å². The average molecular weight is 460 g/mol. The summed E-state index contributed by atoms with van der Waals surface area (Å²) < 4.78 is 28.5. The maximum Gasteiger partial charge on any atom is 0.264 e. The minimum absolute atomic E-state index is 0.0480. The zero-order valence-electron chi connectivity index (χ0n) is 9.70. The summed E-state index contributed by atoms with van der Waals surface area (Å²) in [5.74, 6) is 0. The van der Waals surface area contributed by atoms with E-state index in [1.54, 1.807) is 24.3 Å². The molecule has 0 radical (unpaired) electrons. The van der Waals surface area contributed by atoms with Gasteiger partial charge in [-0.1, -0.05) is 61.1 Å². The first kappa shape index (κ1) is 16.1. The average Bonchev–Trinajstić information content (AvgIpc) is 2.25. The topological polar surface area (TPSA) is 46.2 Å². The first-order valence-corrected chi connectivity index (χ1v) is 9.05. The molecule has 3 nitrogen and oxygen atoms in total. The van der Waals surface area contributed by atoms with Gasteiger partial charge in [0, 0.05) is 14.6 Å². The summed E-state index contributed by atoms with van der Waals surface area (Å²) in [5, 5.41) is 0.0961. The monoisotopic (exact) mass is 457 g/mol. The summed E-state index contributed by atoms with van der Waals surface area (Å²) in [6, 6.07) is 9.72. The van der Waals surface area contributed by atoms with Crippen LogP contribution in [0.4, 0.5) is 5.69 Å². The van der Waals surface area contributed by atoms with Gasteiger partial charge in [-0.15, -0.1) is 0 Å². The maximum absolute atomic E-state index is 12.4. The molecule has 0 aliphatic heterocycles. The van der Waals surface area contributed by atoms with Crippen molar-refractivity contribution in [1.82, 2.24) is 0 Å². The molecule has 8 heteroatoms. The molecule has 20 heavy (non-hydrogen) atoms. The zero-order chi connectivity index (χ0) is 14.9. The van der Waals surface area contributed by atoms with Crippen LogP contribution in [-0.4, -0.2) is 8.42 Å². The lowest BCUT2D eigenvalue weighted by molar-refractivity contribution is 0.601. The van der Waals surface area contributed by atoms with Crippen LogP contribution >= 0.6 is 55.1 Å². The van der Waals surface area contributed by atoms with Gasteiger partial charge in [-0.2, -0.15) is 0 Å². The van der Waals surface area contributed by atoms with Gasteiger partial charge in [0.15, 0.2) is 0 Å². The third-order valence-electron chi connectivity index (χ3n) is 2.31. The molecule has 0 bridgehead atoms. The van der Waals surface area contributed by atoms with Gasteiger partial charge in [-0.25, -0.2) is 8.42 Å². The second kappa shape index (κ2) is 6.23. The van der Waals surface area contributed by atoms with Gasteiger partial charge in [0.1, 0.15) is 4.90 Å². The van der Waals surface area contributed by atoms with E-state index < -0.39 is 10.0 Å². The van der Waals surface area contributed by atoms with Gasteiger partial charge >= 0.3 is 0 Å². The van der Waals surface area contributed by atoms with E-state index in [-0.39, 0.29) is 14.9 Å². The molecule has 0 amide bonds. The molecule has 0 saturated carbocycles. The van der Waals surface area contributed by atoms with Crippen LogP contribution in [-0.2, 0) is 10.0 Å². The van der Waals surface area contributed by atoms with Gasteiger partial charge in [-0.3, -0.25) is 4.72 Å². The van der Waals surface area contributed by atoms with Crippen molar-refractivity contribution < 1.29 is 8.42 Å². The van der Waals surface area contributed by atoms with E-state index in [1.165, 1.54) is 12.1 Å². The number of sulfonamides is 1. The maximum atomic E-state index is 12.4. The van der Waals surface area contributed by atoms with E-state index in [4.69, 9.17) is 23.2 Å². The molecule has 2 rings (SSSR count). The van der Waals surface area contributed by atoms with Crippen LogP contribution < -0.4 is 4.72 Å². The third kappa shape index (κ3) is 3.68. The number of benzene rings is 2. The second-order valence-corrected chi connectivity index (χ2v) is 8.08. The van der Waals surface area contributed by atoms with Crippen LogP contribution in [0.15, 0.2) is 50.2 Å². The molecule has 0 saturated heterocycles. The van der Waals surface area contributed by atoms with E-state index in [1.807, 2.05) is 0 Å². The Hall–Kier alpha value is -0.270. The number of halogens is 4. The lowest BCUT2D eigenvalue weighted by Crippen LogP contribution is -2.14.